The van der Waals surface area contributed by atoms with E-state index in [9.17, 15) is 4.39 Å². The molecule has 0 saturated heterocycles. The Bertz CT molecular complexity index is 276. The molecule has 78 valence electrons. The van der Waals surface area contributed by atoms with Gasteiger partial charge in [0.15, 0.2) is 11.6 Å². The molecule has 0 bridgehead atoms. The lowest BCUT2D eigenvalue weighted by Crippen LogP contribution is -2.16. The summed E-state index contributed by atoms with van der Waals surface area (Å²) in [6, 6.07) is 3.29. The smallest absolute Gasteiger partial charge is 0.165 e. The van der Waals surface area contributed by atoms with Gasteiger partial charge in [0.1, 0.15) is 0 Å². The summed E-state index contributed by atoms with van der Waals surface area (Å²) in [5.41, 5.74) is 0. The summed E-state index contributed by atoms with van der Waals surface area (Å²) < 4.78 is 13.1. The largest absolute Gasteiger partial charge is 0.365 e. The molecule has 1 atom stereocenters. The molecule has 1 heterocycles. The lowest BCUT2D eigenvalue weighted by atomic mass is 10.1. The first kappa shape index (κ1) is 11.0. The number of anilines is 1. The van der Waals surface area contributed by atoms with Gasteiger partial charge in [-0.05, 0) is 25.5 Å². The number of hydrogen-bond donors (Lipinski definition) is 1. The second-order valence-electron chi connectivity index (χ2n) is 3.52. The molecule has 1 unspecified atom stereocenters. The predicted octanol–water partition coefficient (Wildman–Crippen LogP) is 3.21. The lowest BCUT2D eigenvalue weighted by Gasteiger charge is -2.13. The Balaban J connectivity index is 2.47. The van der Waals surface area contributed by atoms with Gasteiger partial charge >= 0.3 is 0 Å². The van der Waals surface area contributed by atoms with Gasteiger partial charge in [-0.1, -0.05) is 19.8 Å². The number of unbranched alkanes of at least 4 members (excludes halogenated alkanes) is 1. The van der Waals surface area contributed by atoms with E-state index in [2.05, 4.69) is 17.2 Å². The minimum absolute atomic E-state index is 0.277. The number of aromatic nitrogens is 1. The van der Waals surface area contributed by atoms with Crippen molar-refractivity contribution in [3.63, 3.8) is 0 Å². The first-order chi connectivity index (χ1) is 6.74. The molecule has 0 spiro atoms. The van der Waals surface area contributed by atoms with Crippen LogP contribution in [0.15, 0.2) is 18.3 Å². The van der Waals surface area contributed by atoms with Crippen LogP contribution in [0.25, 0.3) is 0 Å². The number of nitrogens with one attached hydrogen (secondary N) is 1. The molecule has 2 nitrogen and oxygen atoms in total. The third-order valence-corrected chi connectivity index (χ3v) is 2.13. The van der Waals surface area contributed by atoms with E-state index in [1.54, 1.807) is 12.3 Å². The Morgan fingerprint density at radius 2 is 2.36 bits per heavy atom. The Morgan fingerprint density at radius 1 is 1.57 bits per heavy atom. The van der Waals surface area contributed by atoms with E-state index in [0.29, 0.717) is 5.82 Å². The molecule has 0 aromatic carbocycles. The maximum atomic E-state index is 13.1. The summed E-state index contributed by atoms with van der Waals surface area (Å²) >= 11 is 0. The van der Waals surface area contributed by atoms with Gasteiger partial charge in [0.05, 0.1) is 0 Å². The fourth-order valence-corrected chi connectivity index (χ4v) is 1.31. The van der Waals surface area contributed by atoms with Crippen molar-refractivity contribution >= 4 is 5.82 Å². The molecule has 14 heavy (non-hydrogen) atoms. The quantitative estimate of drug-likeness (QED) is 0.782. The number of hydrogen-bond acceptors (Lipinski definition) is 2. The molecule has 0 aliphatic carbocycles. The van der Waals surface area contributed by atoms with Crippen LogP contribution < -0.4 is 5.32 Å². The first-order valence-electron chi connectivity index (χ1n) is 5.11. The number of pyridine rings is 1. The summed E-state index contributed by atoms with van der Waals surface area (Å²) in [7, 11) is 0. The van der Waals surface area contributed by atoms with Gasteiger partial charge in [-0.25, -0.2) is 9.37 Å². The molecular formula is C11H17FN2. The first-order valence-corrected chi connectivity index (χ1v) is 5.11. The Hall–Kier alpha value is -1.12. The van der Waals surface area contributed by atoms with Gasteiger partial charge in [0.2, 0.25) is 0 Å². The summed E-state index contributed by atoms with van der Waals surface area (Å²) in [5, 5.41) is 3.06. The van der Waals surface area contributed by atoms with Crippen LogP contribution in [0.3, 0.4) is 0 Å². The second-order valence-corrected chi connectivity index (χ2v) is 3.52. The van der Waals surface area contributed by atoms with Gasteiger partial charge in [0, 0.05) is 12.2 Å². The van der Waals surface area contributed by atoms with Gasteiger partial charge in [0.25, 0.3) is 0 Å². The van der Waals surface area contributed by atoms with Crippen molar-refractivity contribution in [2.24, 2.45) is 0 Å². The summed E-state index contributed by atoms with van der Waals surface area (Å²) in [5.74, 6) is 0.0759. The van der Waals surface area contributed by atoms with Crippen molar-refractivity contribution in [2.75, 3.05) is 5.32 Å². The highest BCUT2D eigenvalue weighted by Gasteiger charge is 2.05. The van der Waals surface area contributed by atoms with Crippen LogP contribution in [0, 0.1) is 5.82 Å². The molecule has 0 amide bonds. The van der Waals surface area contributed by atoms with Crippen LogP contribution in [-0.2, 0) is 0 Å². The lowest BCUT2D eigenvalue weighted by molar-refractivity contribution is 0.606. The van der Waals surface area contributed by atoms with Gasteiger partial charge < -0.3 is 5.32 Å². The molecule has 0 radical (unpaired) electrons. The van der Waals surface area contributed by atoms with E-state index < -0.39 is 0 Å². The van der Waals surface area contributed by atoms with E-state index in [-0.39, 0.29) is 11.9 Å². The van der Waals surface area contributed by atoms with Crippen LogP contribution in [-0.4, -0.2) is 11.0 Å². The molecular weight excluding hydrogens is 179 g/mol. The molecule has 1 rings (SSSR count). The van der Waals surface area contributed by atoms with Crippen molar-refractivity contribution in [3.05, 3.63) is 24.1 Å². The topological polar surface area (TPSA) is 24.9 Å². The Morgan fingerprint density at radius 3 is 3.00 bits per heavy atom. The Kier molecular flexibility index (Phi) is 4.36. The standard InChI is InChI=1S/C11H17FN2/c1-3-4-6-9(2)14-11-10(12)7-5-8-13-11/h5,7-9H,3-4,6H2,1-2H3,(H,13,14). The highest BCUT2D eigenvalue weighted by Crippen LogP contribution is 2.12. The van der Waals surface area contributed by atoms with E-state index >= 15 is 0 Å². The molecule has 0 aliphatic heterocycles. The number of rotatable bonds is 5. The zero-order chi connectivity index (χ0) is 10.4. The summed E-state index contributed by atoms with van der Waals surface area (Å²) in [6.07, 6.45) is 4.96. The van der Waals surface area contributed by atoms with Gasteiger partial charge in [-0.2, -0.15) is 0 Å². The normalized spacial score (nSPS) is 12.5. The third-order valence-electron chi connectivity index (χ3n) is 2.13. The molecule has 0 saturated carbocycles. The Labute approximate surface area is 84.6 Å². The van der Waals surface area contributed by atoms with E-state index in [1.807, 2.05) is 6.92 Å². The fraction of sp³-hybridized carbons (Fsp3) is 0.545. The zero-order valence-electron chi connectivity index (χ0n) is 8.76. The van der Waals surface area contributed by atoms with Crippen molar-refractivity contribution < 1.29 is 4.39 Å². The van der Waals surface area contributed by atoms with Crippen LogP contribution >= 0.6 is 0 Å². The van der Waals surface area contributed by atoms with Crippen molar-refractivity contribution in [1.29, 1.82) is 0 Å². The second kappa shape index (κ2) is 5.58. The van der Waals surface area contributed by atoms with E-state index in [0.717, 1.165) is 19.3 Å². The van der Waals surface area contributed by atoms with Gasteiger partial charge in [-0.3, -0.25) is 0 Å². The minimum Gasteiger partial charge on any atom is -0.365 e. The monoisotopic (exact) mass is 196 g/mol. The zero-order valence-corrected chi connectivity index (χ0v) is 8.76. The van der Waals surface area contributed by atoms with Crippen molar-refractivity contribution in [1.82, 2.24) is 4.98 Å². The van der Waals surface area contributed by atoms with Crippen LogP contribution in [0.4, 0.5) is 10.2 Å². The van der Waals surface area contributed by atoms with E-state index in [4.69, 9.17) is 0 Å². The summed E-state index contributed by atoms with van der Waals surface area (Å²) in [4.78, 5) is 3.94. The average molecular weight is 196 g/mol. The molecule has 0 fully saturated rings. The van der Waals surface area contributed by atoms with Gasteiger partial charge in [-0.15, -0.1) is 0 Å². The molecule has 1 N–H and O–H groups in total. The maximum absolute atomic E-state index is 13.1. The molecule has 0 aliphatic rings. The molecule has 3 heteroatoms. The highest BCUT2D eigenvalue weighted by atomic mass is 19.1. The van der Waals surface area contributed by atoms with Crippen molar-refractivity contribution in [3.8, 4) is 0 Å². The van der Waals surface area contributed by atoms with Crippen LogP contribution in [0.5, 0.6) is 0 Å². The van der Waals surface area contributed by atoms with E-state index in [1.165, 1.54) is 6.07 Å². The predicted molar refractivity (Wildman–Crippen MR) is 56.8 cm³/mol. The van der Waals surface area contributed by atoms with Crippen LogP contribution in [0.1, 0.15) is 33.1 Å². The highest BCUT2D eigenvalue weighted by molar-refractivity contribution is 5.36. The maximum Gasteiger partial charge on any atom is 0.165 e. The number of nitrogens with zero attached hydrogens (tertiary/aromatic N) is 1. The van der Waals surface area contributed by atoms with Crippen molar-refractivity contribution in [2.45, 2.75) is 39.2 Å². The van der Waals surface area contributed by atoms with Crippen LogP contribution in [0.2, 0.25) is 0 Å². The minimum atomic E-state index is -0.282. The average Bonchev–Trinajstić information content (AvgIpc) is 2.18. The number of halogens is 1. The summed E-state index contributed by atoms with van der Waals surface area (Å²) in [6.45, 7) is 4.19. The fourth-order valence-electron chi connectivity index (χ4n) is 1.31. The third kappa shape index (κ3) is 3.32. The molecule has 1 aromatic heterocycles. The SMILES string of the molecule is CCCCC(C)Nc1ncccc1F. The molecule has 1 aromatic rings.